The van der Waals surface area contributed by atoms with Crippen LogP contribution < -0.4 is 9.46 Å². The van der Waals surface area contributed by atoms with Crippen molar-refractivity contribution in [3.63, 3.8) is 0 Å². The molecule has 5 rings (SSSR count). The van der Waals surface area contributed by atoms with E-state index in [9.17, 15) is 8.42 Å². The van der Waals surface area contributed by atoms with E-state index >= 15 is 0 Å². The maximum Gasteiger partial charge on any atom is 0.241 e. The van der Waals surface area contributed by atoms with E-state index in [0.29, 0.717) is 10.6 Å². The van der Waals surface area contributed by atoms with Gasteiger partial charge < -0.3 is 4.74 Å². The van der Waals surface area contributed by atoms with E-state index < -0.39 is 10.0 Å². The van der Waals surface area contributed by atoms with E-state index in [2.05, 4.69) is 27.3 Å². The minimum Gasteiger partial charge on any atom is -0.496 e. The zero-order valence-electron chi connectivity index (χ0n) is 13.2. The van der Waals surface area contributed by atoms with Gasteiger partial charge in [-0.2, -0.15) is 0 Å². The zero-order valence-corrected chi connectivity index (χ0v) is 16.2. The average molecular weight is 447 g/mol. The predicted molar refractivity (Wildman–Crippen MR) is 96.9 cm³/mol. The van der Waals surface area contributed by atoms with Crippen molar-refractivity contribution in [2.45, 2.75) is 49.0 Å². The number of hydrogen-bond acceptors (Lipinski definition) is 3. The summed E-state index contributed by atoms with van der Waals surface area (Å²) >= 11 is 2.12. The maximum absolute atomic E-state index is 12.9. The standard InChI is InChI=1S/C17H22INO3S/c1-22-16-3-2-14(7-15(16)18)23(20,21)19-17-8-11-4-12(9-17)6-13(5-11)10-17/h2-3,7,11-13,19H,4-6,8-10H2,1H3. The molecule has 0 heterocycles. The first-order chi connectivity index (χ1) is 10.9. The van der Waals surface area contributed by atoms with Crippen LogP contribution in [0.15, 0.2) is 23.1 Å². The van der Waals surface area contributed by atoms with Crippen LogP contribution in [0.3, 0.4) is 0 Å². The highest BCUT2D eigenvalue weighted by Gasteiger charge is 2.52. The third kappa shape index (κ3) is 2.91. The van der Waals surface area contributed by atoms with E-state index in [1.54, 1.807) is 25.3 Å². The number of nitrogens with one attached hydrogen (secondary N) is 1. The van der Waals surface area contributed by atoms with Crippen LogP contribution in [0.5, 0.6) is 5.75 Å². The molecule has 0 aliphatic heterocycles. The van der Waals surface area contributed by atoms with Gasteiger partial charge in [0.1, 0.15) is 5.75 Å². The molecule has 0 saturated heterocycles. The summed E-state index contributed by atoms with van der Waals surface area (Å²) in [4.78, 5) is 0.346. The molecule has 1 N–H and O–H groups in total. The first-order valence-electron chi connectivity index (χ1n) is 8.27. The smallest absolute Gasteiger partial charge is 0.241 e. The molecule has 4 saturated carbocycles. The Morgan fingerprint density at radius 3 is 2.17 bits per heavy atom. The lowest BCUT2D eigenvalue weighted by Gasteiger charge is -2.56. The van der Waals surface area contributed by atoms with Gasteiger partial charge in [0.2, 0.25) is 10.0 Å². The van der Waals surface area contributed by atoms with Crippen LogP contribution in [-0.4, -0.2) is 21.1 Å². The highest BCUT2D eigenvalue weighted by molar-refractivity contribution is 14.1. The molecule has 1 aromatic rings. The molecule has 0 amide bonds. The van der Waals surface area contributed by atoms with Crippen LogP contribution in [0.2, 0.25) is 0 Å². The third-order valence-corrected chi connectivity index (χ3v) is 8.24. The Morgan fingerprint density at radius 1 is 1.13 bits per heavy atom. The van der Waals surface area contributed by atoms with Crippen molar-refractivity contribution < 1.29 is 13.2 Å². The normalized spacial score (nSPS) is 35.5. The summed E-state index contributed by atoms with van der Waals surface area (Å²) in [5.74, 6) is 2.87. The van der Waals surface area contributed by atoms with Gasteiger partial charge in [-0.25, -0.2) is 13.1 Å². The number of ether oxygens (including phenoxy) is 1. The van der Waals surface area contributed by atoms with Crippen molar-refractivity contribution in [1.82, 2.24) is 4.72 Å². The fourth-order valence-electron chi connectivity index (χ4n) is 5.39. The first-order valence-corrected chi connectivity index (χ1v) is 10.8. The van der Waals surface area contributed by atoms with Gasteiger partial charge in [-0.05, 0) is 97.1 Å². The summed E-state index contributed by atoms with van der Waals surface area (Å²) in [7, 11) is -1.88. The number of hydrogen-bond donors (Lipinski definition) is 1. The lowest BCUT2D eigenvalue weighted by Crippen LogP contribution is -2.59. The van der Waals surface area contributed by atoms with Crippen LogP contribution in [0, 0.1) is 21.3 Å². The molecule has 4 fully saturated rings. The molecule has 4 aliphatic rings. The largest absolute Gasteiger partial charge is 0.496 e. The summed E-state index contributed by atoms with van der Waals surface area (Å²) in [5.41, 5.74) is -0.195. The molecule has 0 spiro atoms. The summed E-state index contributed by atoms with van der Waals surface area (Å²) in [5, 5.41) is 0. The minimum absolute atomic E-state index is 0.195. The highest BCUT2D eigenvalue weighted by atomic mass is 127. The summed E-state index contributed by atoms with van der Waals surface area (Å²) in [6.45, 7) is 0. The van der Waals surface area contributed by atoms with E-state index in [-0.39, 0.29) is 5.54 Å². The fourth-order valence-corrected chi connectivity index (χ4v) is 7.80. The van der Waals surface area contributed by atoms with Gasteiger partial charge in [0, 0.05) is 5.54 Å². The number of halogens is 1. The molecule has 23 heavy (non-hydrogen) atoms. The number of methoxy groups -OCH3 is 1. The Morgan fingerprint density at radius 2 is 1.70 bits per heavy atom. The van der Waals surface area contributed by atoms with Crippen molar-refractivity contribution in [2.75, 3.05) is 7.11 Å². The van der Waals surface area contributed by atoms with Crippen molar-refractivity contribution in [1.29, 1.82) is 0 Å². The second-order valence-corrected chi connectivity index (χ2v) is 10.4. The highest BCUT2D eigenvalue weighted by Crippen LogP contribution is 2.56. The second kappa shape index (κ2) is 5.59. The summed E-state index contributed by atoms with van der Waals surface area (Å²) in [6, 6.07) is 5.07. The Bertz CT molecular complexity index is 696. The molecule has 6 heteroatoms. The quantitative estimate of drug-likeness (QED) is 0.719. The Hall–Kier alpha value is -0.340. The SMILES string of the molecule is COc1ccc(S(=O)(=O)NC23CC4CC(CC(C4)C2)C3)cc1I. The molecule has 0 aromatic heterocycles. The van der Waals surface area contributed by atoms with Crippen molar-refractivity contribution in [2.24, 2.45) is 17.8 Å². The van der Waals surface area contributed by atoms with Crippen LogP contribution in [0.25, 0.3) is 0 Å². The molecule has 4 aliphatic carbocycles. The molecule has 0 unspecified atom stereocenters. The van der Waals surface area contributed by atoms with Gasteiger partial charge >= 0.3 is 0 Å². The van der Waals surface area contributed by atoms with Gasteiger partial charge in [-0.1, -0.05) is 0 Å². The van der Waals surface area contributed by atoms with E-state index in [1.807, 2.05) is 0 Å². The maximum atomic E-state index is 12.9. The Kier molecular flexibility index (Phi) is 3.93. The Balaban J connectivity index is 1.61. The van der Waals surface area contributed by atoms with Gasteiger partial charge in [0.25, 0.3) is 0 Å². The third-order valence-electron chi connectivity index (χ3n) is 5.82. The molecule has 4 bridgehead atoms. The van der Waals surface area contributed by atoms with Gasteiger partial charge in [-0.15, -0.1) is 0 Å². The lowest BCUT2D eigenvalue weighted by molar-refractivity contribution is -0.00810. The van der Waals surface area contributed by atoms with Crippen LogP contribution in [-0.2, 0) is 10.0 Å². The zero-order chi connectivity index (χ0) is 16.2. The molecule has 126 valence electrons. The minimum atomic E-state index is -3.48. The van der Waals surface area contributed by atoms with Crippen molar-refractivity contribution >= 4 is 32.6 Å². The second-order valence-electron chi connectivity index (χ2n) is 7.60. The van der Waals surface area contributed by atoms with Crippen molar-refractivity contribution in [3.05, 3.63) is 21.8 Å². The summed E-state index contributed by atoms with van der Waals surface area (Å²) < 4.78 is 35.0. The van der Waals surface area contributed by atoms with E-state index in [0.717, 1.165) is 40.6 Å². The van der Waals surface area contributed by atoms with E-state index in [4.69, 9.17) is 4.74 Å². The first kappa shape index (κ1) is 16.1. The lowest BCUT2D eigenvalue weighted by atomic mass is 9.53. The predicted octanol–water partition coefficient (Wildman–Crippen LogP) is 3.55. The monoisotopic (exact) mass is 447 g/mol. The topological polar surface area (TPSA) is 55.4 Å². The van der Waals surface area contributed by atoms with Gasteiger partial charge in [-0.3, -0.25) is 0 Å². The van der Waals surface area contributed by atoms with Crippen LogP contribution in [0.1, 0.15) is 38.5 Å². The molecular weight excluding hydrogens is 425 g/mol. The van der Waals surface area contributed by atoms with Gasteiger partial charge in [0.15, 0.2) is 0 Å². The average Bonchev–Trinajstić information content (AvgIpc) is 2.44. The molecule has 0 radical (unpaired) electrons. The van der Waals surface area contributed by atoms with Crippen LogP contribution >= 0.6 is 22.6 Å². The molecule has 4 nitrogen and oxygen atoms in total. The molecule has 1 aromatic carbocycles. The molecular formula is C17H22INO3S. The van der Waals surface area contributed by atoms with Crippen molar-refractivity contribution in [3.8, 4) is 5.75 Å². The number of sulfonamides is 1. The fraction of sp³-hybridized carbons (Fsp3) is 0.647. The van der Waals surface area contributed by atoms with Gasteiger partial charge in [0.05, 0.1) is 15.6 Å². The summed E-state index contributed by atoms with van der Waals surface area (Å²) in [6.07, 6.45) is 6.98. The van der Waals surface area contributed by atoms with Crippen LogP contribution in [0.4, 0.5) is 0 Å². The van der Waals surface area contributed by atoms with E-state index in [1.165, 1.54) is 19.3 Å². The number of benzene rings is 1. The molecule has 0 atom stereocenters. The Labute approximate surface area is 151 Å². The number of rotatable bonds is 4.